The maximum Gasteiger partial charge on any atom is 0.246 e. The Bertz CT molecular complexity index is 1760. The van der Waals surface area contributed by atoms with Crippen LogP contribution in [0.3, 0.4) is 0 Å². The number of carbonyl (C=O) groups excluding carboxylic acids is 5. The molecule has 1 aliphatic heterocycles. The van der Waals surface area contributed by atoms with E-state index in [1.807, 2.05) is 76.5 Å². The number of unbranched alkanes of at least 4 members (excludes halogenated alkanes) is 2. The van der Waals surface area contributed by atoms with Crippen LogP contribution in [0.1, 0.15) is 114 Å². The number of aryl methyl sites for hydroxylation is 2. The van der Waals surface area contributed by atoms with E-state index in [0.717, 1.165) is 46.5 Å². The fourth-order valence-electron chi connectivity index (χ4n) is 6.66. The van der Waals surface area contributed by atoms with Crippen molar-refractivity contribution >= 4 is 40.9 Å². The largest absolute Gasteiger partial charge is 0.391 e. The third kappa shape index (κ3) is 11.9. The van der Waals surface area contributed by atoms with Gasteiger partial charge >= 0.3 is 0 Å². The minimum absolute atomic E-state index is 0.00769. The number of β-amino-alcohol motifs (C(OH)–C–C–N with tert-alkyl or cyclic N) is 1. The third-order valence-electron chi connectivity index (χ3n) is 9.69. The van der Waals surface area contributed by atoms with E-state index in [2.05, 4.69) is 25.9 Å². The van der Waals surface area contributed by atoms with Gasteiger partial charge in [-0.05, 0) is 67.7 Å². The molecule has 13 nitrogen and oxygen atoms in total. The van der Waals surface area contributed by atoms with Gasteiger partial charge in [0, 0.05) is 38.9 Å². The number of carbonyl (C=O) groups is 5. The summed E-state index contributed by atoms with van der Waals surface area (Å²) in [4.78, 5) is 74.9. The lowest BCUT2D eigenvalue weighted by molar-refractivity contribution is -0.144. The van der Waals surface area contributed by atoms with Crippen LogP contribution in [0.5, 0.6) is 0 Å². The summed E-state index contributed by atoms with van der Waals surface area (Å²) in [5.74, 6) is -1.65. The molecular formula is C40H55N7O6S. The Morgan fingerprint density at radius 3 is 2.30 bits per heavy atom. The molecule has 0 aliphatic carbocycles. The number of nitrogens with one attached hydrogen (secondary N) is 3. The van der Waals surface area contributed by atoms with Gasteiger partial charge in [0.2, 0.25) is 29.5 Å². The topological polar surface area (TPSA) is 197 Å². The minimum atomic E-state index is -0.889. The van der Waals surface area contributed by atoms with Crippen molar-refractivity contribution in [2.75, 3.05) is 6.54 Å². The molecular weight excluding hydrogens is 707 g/mol. The fraction of sp³-hybridized carbons (Fsp3) is 0.525. The molecule has 6 N–H and O–H groups in total. The Morgan fingerprint density at radius 2 is 1.70 bits per heavy atom. The molecule has 1 aliphatic rings. The SMILES string of the molecule is CC(=O)N[C@@H](CCC(N)=O)c1ccc(CCCCCC(=O)N[C@H](C(=O)N2C[C@H](O)C[C@H]2C(=O)N[C@@H](C)c2ccc(-c3scnc3C)cc2)C(C)(C)C)cn1. The molecule has 54 heavy (non-hydrogen) atoms. The van der Waals surface area contributed by atoms with E-state index in [4.69, 9.17) is 5.73 Å². The predicted molar refractivity (Wildman–Crippen MR) is 208 cm³/mol. The van der Waals surface area contributed by atoms with Gasteiger partial charge in [-0.2, -0.15) is 0 Å². The summed E-state index contributed by atoms with van der Waals surface area (Å²) >= 11 is 1.58. The molecule has 1 aromatic carbocycles. The summed E-state index contributed by atoms with van der Waals surface area (Å²) < 4.78 is 0. The van der Waals surface area contributed by atoms with Crippen LogP contribution in [-0.2, 0) is 30.4 Å². The van der Waals surface area contributed by atoms with Gasteiger partial charge < -0.3 is 31.7 Å². The number of benzene rings is 1. The molecule has 292 valence electrons. The van der Waals surface area contributed by atoms with Crippen molar-refractivity contribution in [2.45, 2.75) is 123 Å². The van der Waals surface area contributed by atoms with Crippen molar-refractivity contribution in [1.82, 2.24) is 30.8 Å². The summed E-state index contributed by atoms with van der Waals surface area (Å²) in [5, 5.41) is 19.4. The quantitative estimate of drug-likeness (QED) is 0.125. The molecule has 1 fully saturated rings. The van der Waals surface area contributed by atoms with Crippen LogP contribution in [-0.4, -0.2) is 74.2 Å². The number of aromatic nitrogens is 2. The van der Waals surface area contributed by atoms with E-state index >= 15 is 0 Å². The number of thiazole rings is 1. The second-order valence-corrected chi connectivity index (χ2v) is 16.1. The lowest BCUT2D eigenvalue weighted by atomic mass is 9.85. The highest BCUT2D eigenvalue weighted by molar-refractivity contribution is 7.13. The van der Waals surface area contributed by atoms with Crippen molar-refractivity contribution in [1.29, 1.82) is 0 Å². The number of rotatable bonds is 17. The highest BCUT2D eigenvalue weighted by Crippen LogP contribution is 2.30. The van der Waals surface area contributed by atoms with Crippen LogP contribution >= 0.6 is 11.3 Å². The molecule has 0 bridgehead atoms. The number of nitrogens with zero attached hydrogens (tertiary/aromatic N) is 3. The Hall–Kier alpha value is -4.69. The zero-order chi connectivity index (χ0) is 39.6. The standard InChI is InChI=1S/C40H55N7O6S/c1-24(28-13-15-29(16-14-28)36-25(2)43-23-54-36)44-38(52)33-20-30(49)22-47(33)39(53)37(40(4,5)6)46-35(51)11-9-7-8-10-27-12-17-31(42-21-27)32(45-26(3)48)18-19-34(41)50/h12-17,21,23-24,30,32-33,37,49H,7-11,18-20,22H2,1-6H3,(H2,41,50)(H,44,52)(H,45,48)(H,46,51)/t24-,30+,32-,33-,37+/m0/s1. The first-order chi connectivity index (χ1) is 25.5. The van der Waals surface area contributed by atoms with Crippen LogP contribution in [0.15, 0.2) is 48.1 Å². The van der Waals surface area contributed by atoms with Gasteiger partial charge in [-0.25, -0.2) is 4.98 Å². The van der Waals surface area contributed by atoms with E-state index in [-0.39, 0.29) is 49.6 Å². The number of amides is 5. The van der Waals surface area contributed by atoms with Crippen LogP contribution in [0.25, 0.3) is 10.4 Å². The van der Waals surface area contributed by atoms with Gasteiger partial charge in [0.15, 0.2) is 0 Å². The van der Waals surface area contributed by atoms with E-state index in [9.17, 15) is 29.1 Å². The predicted octanol–water partition coefficient (Wildman–Crippen LogP) is 4.43. The van der Waals surface area contributed by atoms with Crippen LogP contribution < -0.4 is 21.7 Å². The molecule has 5 atom stereocenters. The van der Waals surface area contributed by atoms with Crippen LogP contribution in [0.2, 0.25) is 0 Å². The van der Waals surface area contributed by atoms with Crippen LogP contribution in [0.4, 0.5) is 0 Å². The lowest BCUT2D eigenvalue weighted by Gasteiger charge is -2.35. The molecule has 3 heterocycles. The molecule has 2 aromatic heterocycles. The Kier molecular flexibility index (Phi) is 14.8. The maximum absolute atomic E-state index is 14.0. The molecule has 0 radical (unpaired) electrons. The molecule has 0 spiro atoms. The highest BCUT2D eigenvalue weighted by atomic mass is 32.1. The van der Waals surface area contributed by atoms with Crippen LogP contribution in [0, 0.1) is 12.3 Å². The maximum atomic E-state index is 14.0. The number of hydrogen-bond donors (Lipinski definition) is 5. The van der Waals surface area contributed by atoms with Crippen molar-refractivity contribution in [3.8, 4) is 10.4 Å². The summed E-state index contributed by atoms with van der Waals surface area (Å²) in [5.41, 5.74) is 11.0. The zero-order valence-electron chi connectivity index (χ0n) is 32.2. The third-order valence-corrected chi connectivity index (χ3v) is 10.7. The zero-order valence-corrected chi connectivity index (χ0v) is 33.0. The van der Waals surface area contributed by atoms with Crippen molar-refractivity contribution in [3.63, 3.8) is 0 Å². The summed E-state index contributed by atoms with van der Waals surface area (Å²) in [6.45, 7) is 10.9. The number of likely N-dealkylation sites (tertiary alicyclic amines) is 1. The molecule has 0 saturated carbocycles. The molecule has 0 unspecified atom stereocenters. The summed E-state index contributed by atoms with van der Waals surface area (Å²) in [6, 6.07) is 9.23. The van der Waals surface area contributed by atoms with Gasteiger partial charge in [-0.1, -0.05) is 57.5 Å². The number of aliphatic hydroxyl groups excluding tert-OH is 1. The average Bonchev–Trinajstić information content (AvgIpc) is 3.73. The highest BCUT2D eigenvalue weighted by Gasteiger charge is 2.44. The second-order valence-electron chi connectivity index (χ2n) is 15.3. The van der Waals surface area contributed by atoms with E-state index in [0.29, 0.717) is 18.5 Å². The fourth-order valence-corrected chi connectivity index (χ4v) is 7.47. The van der Waals surface area contributed by atoms with Crippen molar-refractivity contribution in [2.24, 2.45) is 11.1 Å². The van der Waals surface area contributed by atoms with Gasteiger partial charge in [-0.15, -0.1) is 11.3 Å². The summed E-state index contributed by atoms with van der Waals surface area (Å²) in [7, 11) is 0. The summed E-state index contributed by atoms with van der Waals surface area (Å²) in [6.07, 6.45) is 4.73. The van der Waals surface area contributed by atoms with Gasteiger partial charge in [-0.3, -0.25) is 29.0 Å². The molecule has 5 amide bonds. The average molecular weight is 762 g/mol. The number of aliphatic hydroxyl groups is 1. The molecule has 3 aromatic rings. The van der Waals surface area contributed by atoms with Gasteiger partial charge in [0.05, 0.1) is 40.0 Å². The van der Waals surface area contributed by atoms with Gasteiger partial charge in [0.25, 0.3) is 0 Å². The van der Waals surface area contributed by atoms with Crippen molar-refractivity contribution in [3.05, 3.63) is 70.6 Å². The normalized spacial score (nSPS) is 17.4. The number of hydrogen-bond acceptors (Lipinski definition) is 9. The van der Waals surface area contributed by atoms with E-state index < -0.39 is 41.5 Å². The van der Waals surface area contributed by atoms with E-state index in [1.54, 1.807) is 17.5 Å². The number of nitrogens with two attached hydrogens (primary N) is 1. The second kappa shape index (κ2) is 19.1. The Morgan fingerprint density at radius 1 is 0.981 bits per heavy atom. The first-order valence-corrected chi connectivity index (χ1v) is 19.5. The first-order valence-electron chi connectivity index (χ1n) is 18.6. The first kappa shape index (κ1) is 42.1. The van der Waals surface area contributed by atoms with E-state index in [1.165, 1.54) is 11.8 Å². The molecule has 1 saturated heterocycles. The number of primary amides is 1. The van der Waals surface area contributed by atoms with Crippen molar-refractivity contribution < 1.29 is 29.1 Å². The smallest absolute Gasteiger partial charge is 0.246 e. The Labute approximate surface area is 321 Å². The monoisotopic (exact) mass is 761 g/mol. The van der Waals surface area contributed by atoms with Gasteiger partial charge in [0.1, 0.15) is 12.1 Å². The lowest BCUT2D eigenvalue weighted by Crippen LogP contribution is -2.57. The Balaban J connectivity index is 1.27. The minimum Gasteiger partial charge on any atom is -0.391 e. The molecule has 14 heteroatoms. The number of pyridine rings is 1. The molecule has 4 rings (SSSR count).